The van der Waals surface area contributed by atoms with Crippen LogP contribution in [0.1, 0.15) is 6.42 Å². The fourth-order valence-electron chi connectivity index (χ4n) is 1.86. The van der Waals surface area contributed by atoms with Gasteiger partial charge in [-0.25, -0.2) is 0 Å². The molecule has 1 saturated heterocycles. The molecule has 1 aliphatic rings. The van der Waals surface area contributed by atoms with Gasteiger partial charge in [-0.15, -0.1) is 11.8 Å². The molecule has 110 valence electrons. The van der Waals surface area contributed by atoms with Crippen LogP contribution in [0.4, 0.5) is 0 Å². The van der Waals surface area contributed by atoms with E-state index >= 15 is 0 Å². The highest BCUT2D eigenvalue weighted by Crippen LogP contribution is 2.29. The Morgan fingerprint density at radius 2 is 2.40 bits per heavy atom. The molecule has 1 aliphatic heterocycles. The lowest BCUT2D eigenvalue weighted by Crippen LogP contribution is -2.36. The van der Waals surface area contributed by atoms with Gasteiger partial charge in [-0.1, -0.05) is 0 Å². The highest BCUT2D eigenvalue weighted by molar-refractivity contribution is 9.10. The lowest BCUT2D eigenvalue weighted by atomic mass is 10.3. The van der Waals surface area contributed by atoms with E-state index in [9.17, 15) is 4.79 Å². The second-order valence-corrected chi connectivity index (χ2v) is 6.40. The van der Waals surface area contributed by atoms with E-state index in [0.29, 0.717) is 12.4 Å². The third-order valence-electron chi connectivity index (χ3n) is 2.92. The van der Waals surface area contributed by atoms with Crippen LogP contribution in [-0.4, -0.2) is 42.0 Å². The number of hydrogen-bond donors (Lipinski definition) is 2. The Kier molecular flexibility index (Phi) is 5.56. The molecule has 0 radical (unpaired) electrons. The first-order valence-corrected chi connectivity index (χ1v) is 8.01. The van der Waals surface area contributed by atoms with E-state index in [4.69, 9.17) is 14.6 Å². The Hall–Kier alpha value is -0.920. The summed E-state index contributed by atoms with van der Waals surface area (Å²) in [5, 5.41) is 12.1. The molecule has 2 unspecified atom stereocenters. The van der Waals surface area contributed by atoms with Crippen LogP contribution < -0.4 is 14.8 Å². The summed E-state index contributed by atoms with van der Waals surface area (Å²) in [5.74, 6) is 1.27. The minimum absolute atomic E-state index is 0.133. The number of aliphatic carboxylic acids is 1. The Bertz CT molecular complexity index is 485. The molecular formula is C13H16BrNO4S. The van der Waals surface area contributed by atoms with Crippen molar-refractivity contribution in [1.29, 1.82) is 0 Å². The van der Waals surface area contributed by atoms with Crippen molar-refractivity contribution in [2.24, 2.45) is 0 Å². The molecule has 0 aliphatic carbocycles. The van der Waals surface area contributed by atoms with Gasteiger partial charge in [0.2, 0.25) is 0 Å². The number of nitrogens with one attached hydrogen (secondary N) is 1. The Balaban J connectivity index is 1.78. The summed E-state index contributed by atoms with van der Waals surface area (Å²) in [5.41, 5.74) is 0. The summed E-state index contributed by atoms with van der Waals surface area (Å²) in [4.78, 5) is 10.8. The van der Waals surface area contributed by atoms with E-state index in [1.807, 2.05) is 18.2 Å². The van der Waals surface area contributed by atoms with Crippen LogP contribution in [0.5, 0.6) is 11.5 Å². The van der Waals surface area contributed by atoms with Crippen LogP contribution in [0.2, 0.25) is 0 Å². The second-order valence-electron chi connectivity index (χ2n) is 4.31. The number of benzene rings is 1. The molecule has 0 saturated carbocycles. The number of ether oxygens (including phenoxy) is 2. The summed E-state index contributed by atoms with van der Waals surface area (Å²) in [6.07, 6.45) is 0.757. The molecule has 0 spiro atoms. The number of rotatable bonds is 6. The second kappa shape index (κ2) is 7.19. The molecule has 0 bridgehead atoms. The molecule has 1 aromatic rings. The molecule has 2 atom stereocenters. The van der Waals surface area contributed by atoms with Crippen LogP contribution in [0.15, 0.2) is 22.7 Å². The molecule has 1 fully saturated rings. The highest BCUT2D eigenvalue weighted by atomic mass is 79.9. The molecule has 2 rings (SSSR count). The van der Waals surface area contributed by atoms with E-state index in [1.165, 1.54) is 0 Å². The molecule has 1 aromatic carbocycles. The van der Waals surface area contributed by atoms with Gasteiger partial charge in [0, 0.05) is 18.2 Å². The highest BCUT2D eigenvalue weighted by Gasteiger charge is 2.28. The van der Waals surface area contributed by atoms with Crippen LogP contribution in [0, 0.1) is 0 Å². The average molecular weight is 362 g/mol. The summed E-state index contributed by atoms with van der Waals surface area (Å²) < 4.78 is 11.7. The number of carbonyl (C=O) groups is 1. The molecule has 2 N–H and O–H groups in total. The normalized spacial score (nSPS) is 21.7. The molecule has 20 heavy (non-hydrogen) atoms. The van der Waals surface area contributed by atoms with Crippen molar-refractivity contribution in [3.63, 3.8) is 0 Å². The van der Waals surface area contributed by atoms with E-state index in [0.717, 1.165) is 22.4 Å². The van der Waals surface area contributed by atoms with Crippen molar-refractivity contribution in [1.82, 2.24) is 5.32 Å². The van der Waals surface area contributed by atoms with E-state index in [1.54, 1.807) is 18.9 Å². The Labute approximate surface area is 130 Å². The topological polar surface area (TPSA) is 67.8 Å². The number of halogens is 1. The zero-order chi connectivity index (χ0) is 14.5. The predicted molar refractivity (Wildman–Crippen MR) is 81.6 cm³/mol. The van der Waals surface area contributed by atoms with Crippen molar-refractivity contribution in [3.05, 3.63) is 22.7 Å². The van der Waals surface area contributed by atoms with Crippen molar-refractivity contribution >= 4 is 33.7 Å². The van der Waals surface area contributed by atoms with Gasteiger partial charge >= 0.3 is 5.97 Å². The fourth-order valence-corrected chi connectivity index (χ4v) is 3.45. The molecular weight excluding hydrogens is 346 g/mol. The van der Waals surface area contributed by atoms with Crippen LogP contribution in [-0.2, 0) is 4.79 Å². The van der Waals surface area contributed by atoms with Gasteiger partial charge in [-0.2, -0.15) is 0 Å². The summed E-state index contributed by atoms with van der Waals surface area (Å²) >= 11 is 5.00. The number of methoxy groups -OCH3 is 1. The number of thioether (sulfide) groups is 1. The number of hydrogen-bond acceptors (Lipinski definition) is 5. The maximum Gasteiger partial charge on any atom is 0.321 e. The van der Waals surface area contributed by atoms with Crippen LogP contribution >= 0.6 is 27.7 Å². The van der Waals surface area contributed by atoms with Crippen molar-refractivity contribution in [2.75, 3.05) is 19.5 Å². The van der Waals surface area contributed by atoms with E-state index in [2.05, 4.69) is 21.2 Å². The average Bonchev–Trinajstić information content (AvgIpc) is 2.89. The zero-order valence-electron chi connectivity index (χ0n) is 11.0. The lowest BCUT2D eigenvalue weighted by molar-refractivity contribution is -0.138. The maximum atomic E-state index is 10.8. The van der Waals surface area contributed by atoms with Crippen LogP contribution in [0.3, 0.4) is 0 Å². The first kappa shape index (κ1) is 15.5. The van der Waals surface area contributed by atoms with Crippen molar-refractivity contribution in [2.45, 2.75) is 17.8 Å². The smallest absolute Gasteiger partial charge is 0.321 e. The minimum atomic E-state index is -0.793. The largest absolute Gasteiger partial charge is 0.495 e. The Morgan fingerprint density at radius 1 is 1.60 bits per heavy atom. The van der Waals surface area contributed by atoms with Crippen LogP contribution in [0.25, 0.3) is 0 Å². The first-order valence-electron chi connectivity index (χ1n) is 6.17. The quantitative estimate of drug-likeness (QED) is 0.810. The van der Waals surface area contributed by atoms with Gasteiger partial charge < -0.3 is 14.6 Å². The lowest BCUT2D eigenvalue weighted by Gasteiger charge is -2.12. The third-order valence-corrected chi connectivity index (χ3v) is 4.88. The van der Waals surface area contributed by atoms with Gasteiger partial charge in [-0.3, -0.25) is 10.1 Å². The summed E-state index contributed by atoms with van der Waals surface area (Å²) in [6, 6.07) is 5.11. The van der Waals surface area contributed by atoms with Gasteiger partial charge in [-0.05, 0) is 28.1 Å². The SMILES string of the molecule is COc1cc(OCCC2NC(C(=O)O)CS2)ccc1Br. The fraction of sp³-hybridized carbons (Fsp3) is 0.462. The van der Waals surface area contributed by atoms with Gasteiger partial charge in [0.05, 0.1) is 23.6 Å². The summed E-state index contributed by atoms with van der Waals surface area (Å²) in [6.45, 7) is 0.530. The monoisotopic (exact) mass is 361 g/mol. The zero-order valence-corrected chi connectivity index (χ0v) is 13.4. The van der Waals surface area contributed by atoms with Crippen molar-refractivity contribution < 1.29 is 19.4 Å². The third kappa shape index (κ3) is 4.04. The predicted octanol–water partition coefficient (Wildman–Crippen LogP) is 2.34. The van der Waals surface area contributed by atoms with Gasteiger partial charge in [0.15, 0.2) is 0 Å². The van der Waals surface area contributed by atoms with Gasteiger partial charge in [0.25, 0.3) is 0 Å². The van der Waals surface area contributed by atoms with E-state index in [-0.39, 0.29) is 5.37 Å². The van der Waals surface area contributed by atoms with Gasteiger partial charge in [0.1, 0.15) is 17.5 Å². The molecule has 0 aromatic heterocycles. The minimum Gasteiger partial charge on any atom is -0.495 e. The summed E-state index contributed by atoms with van der Waals surface area (Å²) in [7, 11) is 1.61. The Morgan fingerprint density at radius 3 is 3.05 bits per heavy atom. The number of carboxylic acids is 1. The molecule has 0 amide bonds. The first-order chi connectivity index (χ1) is 9.60. The van der Waals surface area contributed by atoms with Crippen molar-refractivity contribution in [3.8, 4) is 11.5 Å². The number of carboxylic acid groups (broad SMARTS) is 1. The standard InChI is InChI=1S/C13H16BrNO4S/c1-18-11-6-8(2-3-9(11)14)19-5-4-12-15-10(7-20-12)13(16)17/h2-3,6,10,12,15H,4-5,7H2,1H3,(H,16,17). The molecule has 7 heteroatoms. The van der Waals surface area contributed by atoms with E-state index < -0.39 is 12.0 Å². The molecule has 5 nitrogen and oxygen atoms in total. The molecule has 1 heterocycles. The maximum absolute atomic E-state index is 10.8.